The Labute approximate surface area is 131 Å². The summed E-state index contributed by atoms with van der Waals surface area (Å²) in [6.07, 6.45) is 0.756. The SMILES string of the molecule is COc1cc(-c2onc(N3CCC(N)C3)c2C(=O)O)ccc1F. The van der Waals surface area contributed by atoms with Gasteiger partial charge in [0, 0.05) is 24.7 Å². The molecule has 1 saturated heterocycles. The molecule has 1 atom stereocenters. The van der Waals surface area contributed by atoms with E-state index in [0.717, 1.165) is 6.42 Å². The smallest absolute Gasteiger partial charge is 0.343 e. The van der Waals surface area contributed by atoms with Gasteiger partial charge in [0.2, 0.25) is 0 Å². The molecule has 0 amide bonds. The lowest BCUT2D eigenvalue weighted by Crippen LogP contribution is -2.27. The Kier molecular flexibility index (Phi) is 3.91. The summed E-state index contributed by atoms with van der Waals surface area (Å²) in [4.78, 5) is 13.5. The maximum Gasteiger partial charge on any atom is 0.343 e. The van der Waals surface area contributed by atoms with Gasteiger partial charge in [0.05, 0.1) is 7.11 Å². The first-order chi connectivity index (χ1) is 11.0. The molecule has 0 radical (unpaired) electrons. The van der Waals surface area contributed by atoms with Crippen molar-refractivity contribution in [3.05, 3.63) is 29.6 Å². The summed E-state index contributed by atoms with van der Waals surface area (Å²) in [6, 6.07) is 3.96. The Balaban J connectivity index is 2.06. The zero-order chi connectivity index (χ0) is 16.6. The van der Waals surface area contributed by atoms with Gasteiger partial charge in [-0.2, -0.15) is 0 Å². The number of aromatic nitrogens is 1. The van der Waals surface area contributed by atoms with Crippen molar-refractivity contribution < 1.29 is 23.6 Å². The number of rotatable bonds is 4. The summed E-state index contributed by atoms with van der Waals surface area (Å²) in [5.41, 5.74) is 6.17. The van der Waals surface area contributed by atoms with E-state index in [1.165, 1.54) is 25.3 Å². The quantitative estimate of drug-likeness (QED) is 0.884. The largest absolute Gasteiger partial charge is 0.494 e. The number of ether oxygens (including phenoxy) is 1. The van der Waals surface area contributed by atoms with Gasteiger partial charge >= 0.3 is 5.97 Å². The van der Waals surface area contributed by atoms with Gasteiger partial charge < -0.3 is 25.0 Å². The minimum atomic E-state index is -1.17. The monoisotopic (exact) mass is 321 g/mol. The van der Waals surface area contributed by atoms with Gasteiger partial charge in [-0.05, 0) is 24.6 Å². The standard InChI is InChI=1S/C15H16FN3O4/c1-22-11-6-8(2-3-10(11)16)13-12(15(20)21)14(18-23-13)19-5-4-9(17)7-19/h2-3,6,9H,4-5,7,17H2,1H3,(H,20,21). The number of hydrogen-bond acceptors (Lipinski definition) is 6. The van der Waals surface area contributed by atoms with Gasteiger partial charge in [0.15, 0.2) is 28.7 Å². The Hall–Kier alpha value is -2.61. The molecule has 3 rings (SSSR count). The lowest BCUT2D eigenvalue weighted by atomic mass is 10.1. The summed E-state index contributed by atoms with van der Waals surface area (Å²) >= 11 is 0. The molecule has 122 valence electrons. The maximum absolute atomic E-state index is 13.5. The van der Waals surface area contributed by atoms with Crippen LogP contribution in [0, 0.1) is 5.82 Å². The second kappa shape index (κ2) is 5.88. The van der Waals surface area contributed by atoms with Crippen LogP contribution in [-0.2, 0) is 0 Å². The molecule has 1 aliphatic heterocycles. The first-order valence-corrected chi connectivity index (χ1v) is 7.08. The first-order valence-electron chi connectivity index (χ1n) is 7.08. The molecule has 3 N–H and O–H groups in total. The summed E-state index contributed by atoms with van der Waals surface area (Å²) in [7, 11) is 1.33. The molecule has 1 aliphatic rings. The van der Waals surface area contributed by atoms with Crippen molar-refractivity contribution in [2.75, 3.05) is 25.1 Å². The van der Waals surface area contributed by atoms with Crippen molar-refractivity contribution in [3.63, 3.8) is 0 Å². The lowest BCUT2D eigenvalue weighted by molar-refractivity contribution is 0.0698. The van der Waals surface area contributed by atoms with Gasteiger partial charge in [-0.1, -0.05) is 5.16 Å². The van der Waals surface area contributed by atoms with E-state index >= 15 is 0 Å². The van der Waals surface area contributed by atoms with E-state index < -0.39 is 11.8 Å². The Morgan fingerprint density at radius 2 is 2.35 bits per heavy atom. The number of aromatic carboxylic acids is 1. The molecule has 8 heteroatoms. The van der Waals surface area contributed by atoms with Crippen LogP contribution < -0.4 is 15.4 Å². The molecule has 1 fully saturated rings. The van der Waals surface area contributed by atoms with Crippen molar-refractivity contribution >= 4 is 11.8 Å². The molecular formula is C15H16FN3O4. The van der Waals surface area contributed by atoms with Crippen LogP contribution in [0.3, 0.4) is 0 Å². The first kappa shape index (κ1) is 15.3. The van der Waals surface area contributed by atoms with Gasteiger partial charge in [-0.3, -0.25) is 0 Å². The van der Waals surface area contributed by atoms with Crippen molar-refractivity contribution in [3.8, 4) is 17.1 Å². The summed E-state index contributed by atoms with van der Waals surface area (Å²) < 4.78 is 23.7. The topological polar surface area (TPSA) is 102 Å². The Morgan fingerprint density at radius 1 is 1.57 bits per heavy atom. The highest BCUT2D eigenvalue weighted by atomic mass is 19.1. The number of halogens is 1. The van der Waals surface area contributed by atoms with Crippen LogP contribution in [0.4, 0.5) is 10.2 Å². The predicted molar refractivity (Wildman–Crippen MR) is 80.2 cm³/mol. The van der Waals surface area contributed by atoms with E-state index in [4.69, 9.17) is 15.0 Å². The van der Waals surface area contributed by atoms with Crippen LogP contribution in [0.15, 0.2) is 22.7 Å². The number of carboxylic acids is 1. The number of nitrogens with two attached hydrogens (primary N) is 1. The number of benzene rings is 1. The number of methoxy groups -OCH3 is 1. The molecule has 1 aromatic heterocycles. The molecule has 1 unspecified atom stereocenters. The zero-order valence-electron chi connectivity index (χ0n) is 12.5. The maximum atomic E-state index is 13.5. The third kappa shape index (κ3) is 2.72. The van der Waals surface area contributed by atoms with E-state index in [2.05, 4.69) is 5.16 Å². The lowest BCUT2D eigenvalue weighted by Gasteiger charge is -2.14. The number of anilines is 1. The van der Waals surface area contributed by atoms with Crippen LogP contribution in [0.5, 0.6) is 5.75 Å². The van der Waals surface area contributed by atoms with Gasteiger partial charge in [-0.25, -0.2) is 9.18 Å². The fourth-order valence-electron chi connectivity index (χ4n) is 2.67. The minimum Gasteiger partial charge on any atom is -0.494 e. The van der Waals surface area contributed by atoms with Crippen LogP contribution in [0.1, 0.15) is 16.8 Å². The molecule has 0 aliphatic carbocycles. The molecular weight excluding hydrogens is 305 g/mol. The number of hydrogen-bond donors (Lipinski definition) is 2. The fourth-order valence-corrected chi connectivity index (χ4v) is 2.67. The van der Waals surface area contributed by atoms with Crippen LogP contribution in [0.25, 0.3) is 11.3 Å². The molecule has 7 nitrogen and oxygen atoms in total. The van der Waals surface area contributed by atoms with E-state index in [-0.39, 0.29) is 28.9 Å². The van der Waals surface area contributed by atoms with Gasteiger partial charge in [0.25, 0.3) is 0 Å². The Morgan fingerprint density at radius 3 is 2.96 bits per heavy atom. The second-order valence-electron chi connectivity index (χ2n) is 5.36. The highest BCUT2D eigenvalue weighted by molar-refractivity contribution is 5.99. The summed E-state index contributed by atoms with van der Waals surface area (Å²) in [6.45, 7) is 1.12. The van der Waals surface area contributed by atoms with Crippen LogP contribution in [0.2, 0.25) is 0 Å². The minimum absolute atomic E-state index is 0.0000153. The van der Waals surface area contributed by atoms with Gasteiger partial charge in [0.1, 0.15) is 0 Å². The van der Waals surface area contributed by atoms with E-state index in [1.54, 1.807) is 4.90 Å². The molecule has 0 bridgehead atoms. The highest BCUT2D eigenvalue weighted by Gasteiger charge is 2.31. The average Bonchev–Trinajstić information content (AvgIpc) is 3.13. The molecule has 23 heavy (non-hydrogen) atoms. The predicted octanol–water partition coefficient (Wildman–Crippen LogP) is 1.72. The summed E-state index contributed by atoms with van der Waals surface area (Å²) in [5, 5.41) is 13.4. The highest BCUT2D eigenvalue weighted by Crippen LogP contribution is 2.34. The van der Waals surface area contributed by atoms with Crippen molar-refractivity contribution in [1.82, 2.24) is 5.16 Å². The Bertz CT molecular complexity index is 746. The average molecular weight is 321 g/mol. The number of carboxylic acid groups (broad SMARTS) is 1. The number of nitrogens with zero attached hydrogens (tertiary/aromatic N) is 2. The third-order valence-corrected chi connectivity index (χ3v) is 3.83. The zero-order valence-corrected chi connectivity index (χ0v) is 12.5. The van der Waals surface area contributed by atoms with E-state index in [0.29, 0.717) is 18.7 Å². The third-order valence-electron chi connectivity index (χ3n) is 3.83. The van der Waals surface area contributed by atoms with E-state index in [1.807, 2.05) is 0 Å². The molecule has 0 saturated carbocycles. The second-order valence-corrected chi connectivity index (χ2v) is 5.36. The molecule has 0 spiro atoms. The van der Waals surface area contributed by atoms with Crippen LogP contribution >= 0.6 is 0 Å². The van der Waals surface area contributed by atoms with Crippen molar-refractivity contribution in [1.29, 1.82) is 0 Å². The molecule has 2 heterocycles. The molecule has 2 aromatic rings. The van der Waals surface area contributed by atoms with E-state index in [9.17, 15) is 14.3 Å². The van der Waals surface area contributed by atoms with Crippen molar-refractivity contribution in [2.24, 2.45) is 5.73 Å². The van der Waals surface area contributed by atoms with Crippen molar-refractivity contribution in [2.45, 2.75) is 12.5 Å². The summed E-state index contributed by atoms with van der Waals surface area (Å²) in [5.74, 6) is -1.41. The number of carbonyl (C=O) groups is 1. The normalized spacial score (nSPS) is 17.5. The fraction of sp³-hybridized carbons (Fsp3) is 0.333. The van der Waals surface area contributed by atoms with Gasteiger partial charge in [-0.15, -0.1) is 0 Å². The van der Waals surface area contributed by atoms with Crippen LogP contribution in [-0.4, -0.2) is 42.5 Å². The molecule has 1 aromatic carbocycles.